The van der Waals surface area contributed by atoms with Crippen LogP contribution in [0.4, 0.5) is 29.3 Å². The van der Waals surface area contributed by atoms with Crippen LogP contribution in [0.25, 0.3) is 16.6 Å². The Bertz CT molecular complexity index is 1360. The fourth-order valence-corrected chi connectivity index (χ4v) is 3.41. The number of pyridine rings is 1. The molecule has 0 unspecified atom stereocenters. The van der Waals surface area contributed by atoms with Gasteiger partial charge in [0.1, 0.15) is 11.2 Å². The lowest BCUT2D eigenvalue weighted by molar-refractivity contribution is -0.137. The van der Waals surface area contributed by atoms with Crippen LogP contribution < -0.4 is 16.2 Å². The molecule has 1 amide bonds. The van der Waals surface area contributed by atoms with Crippen molar-refractivity contribution < 1.29 is 32.2 Å². The topological polar surface area (TPSA) is 104 Å². The number of esters is 1. The van der Waals surface area contributed by atoms with E-state index in [0.717, 1.165) is 29.9 Å². The summed E-state index contributed by atoms with van der Waals surface area (Å²) in [6.45, 7) is 5.15. The van der Waals surface area contributed by atoms with Crippen LogP contribution >= 0.6 is 0 Å². The van der Waals surface area contributed by atoms with E-state index < -0.39 is 40.5 Å². The molecule has 0 aliphatic heterocycles. The molecule has 8 nitrogen and oxygen atoms in total. The van der Waals surface area contributed by atoms with Crippen LogP contribution in [0.5, 0.6) is 0 Å². The lowest BCUT2D eigenvalue weighted by atomic mass is 10.1. The number of ether oxygens (including phenoxy) is 2. The van der Waals surface area contributed by atoms with Crippen LogP contribution in [0.3, 0.4) is 0 Å². The van der Waals surface area contributed by atoms with Crippen LogP contribution in [0.15, 0.2) is 47.3 Å². The molecule has 0 spiro atoms. The number of alkyl halides is 3. The largest absolute Gasteiger partial charge is 0.465 e. The molecule has 2 aromatic carbocycles. The highest BCUT2D eigenvalue weighted by Gasteiger charge is 2.32. The van der Waals surface area contributed by atoms with Gasteiger partial charge in [0.15, 0.2) is 0 Å². The first kappa shape index (κ1) is 25.6. The van der Waals surface area contributed by atoms with E-state index in [1.54, 1.807) is 20.8 Å². The highest BCUT2D eigenvalue weighted by atomic mass is 19.4. The number of carbonyl (C=O) groups is 2. The predicted molar refractivity (Wildman–Crippen MR) is 125 cm³/mol. The number of nitrogen functional groups attached to an aromatic ring is 1. The van der Waals surface area contributed by atoms with Crippen LogP contribution in [-0.4, -0.2) is 36.4 Å². The Morgan fingerprint density at radius 3 is 2.14 bits per heavy atom. The molecule has 1 heterocycles. The summed E-state index contributed by atoms with van der Waals surface area (Å²) < 4.78 is 51.1. The van der Waals surface area contributed by atoms with Crippen molar-refractivity contribution in [3.63, 3.8) is 0 Å². The summed E-state index contributed by atoms with van der Waals surface area (Å²) in [4.78, 5) is 39.1. The van der Waals surface area contributed by atoms with Gasteiger partial charge in [-0.1, -0.05) is 6.07 Å². The fraction of sp³-hybridized carbons (Fsp3) is 0.292. The van der Waals surface area contributed by atoms with Gasteiger partial charge in [-0.25, -0.2) is 9.59 Å². The normalized spacial score (nSPS) is 11.9. The van der Waals surface area contributed by atoms with Crippen LogP contribution in [0.1, 0.15) is 36.7 Å². The number of anilines is 2. The number of halogens is 3. The molecule has 186 valence electrons. The first-order chi connectivity index (χ1) is 16.2. The molecule has 3 rings (SSSR count). The van der Waals surface area contributed by atoms with Crippen molar-refractivity contribution in [1.82, 2.24) is 4.57 Å². The van der Waals surface area contributed by atoms with Crippen LogP contribution in [-0.2, 0) is 15.7 Å². The second-order valence-corrected chi connectivity index (χ2v) is 8.71. The molecule has 0 atom stereocenters. The van der Waals surface area contributed by atoms with Crippen LogP contribution in [0, 0.1) is 0 Å². The number of aromatic nitrogens is 1. The zero-order valence-corrected chi connectivity index (χ0v) is 19.7. The van der Waals surface area contributed by atoms with E-state index in [1.807, 2.05) is 0 Å². The van der Waals surface area contributed by atoms with E-state index in [-0.39, 0.29) is 22.3 Å². The number of fused-ring (bicyclic) bond motifs is 1. The number of hydrogen-bond acceptors (Lipinski definition) is 6. The standard InChI is InChI=1S/C24H24F3N3O5/c1-23(2,3)35-22(33)29(4)14-7-9-15(10-8-14)30-17-12-13(24(25,26)27)6-11-16(17)19(28)18(20(30)31)21(32)34-5/h6-12H,28H2,1-5H3. The number of methoxy groups -OCH3 is 1. The van der Waals surface area contributed by atoms with E-state index >= 15 is 0 Å². The molecule has 3 aromatic rings. The average molecular weight is 491 g/mol. The first-order valence-electron chi connectivity index (χ1n) is 10.4. The van der Waals surface area contributed by atoms with E-state index in [4.69, 9.17) is 10.5 Å². The van der Waals surface area contributed by atoms with Gasteiger partial charge in [-0.3, -0.25) is 14.3 Å². The number of nitrogens with two attached hydrogens (primary N) is 1. The number of carbonyl (C=O) groups excluding carboxylic acids is 2. The summed E-state index contributed by atoms with van der Waals surface area (Å²) in [5, 5.41) is 0.0629. The van der Waals surface area contributed by atoms with Crippen molar-refractivity contribution in [3.05, 3.63) is 63.9 Å². The average Bonchev–Trinajstić information content (AvgIpc) is 2.76. The quantitative estimate of drug-likeness (QED) is 0.531. The Hall–Kier alpha value is -4.02. The zero-order chi connectivity index (χ0) is 26.3. The minimum atomic E-state index is -4.68. The predicted octanol–water partition coefficient (Wildman–Crippen LogP) is 4.75. The zero-order valence-electron chi connectivity index (χ0n) is 19.7. The molecular weight excluding hydrogens is 467 g/mol. The number of amides is 1. The molecule has 0 saturated carbocycles. The van der Waals surface area contributed by atoms with E-state index in [9.17, 15) is 27.6 Å². The Morgan fingerprint density at radius 1 is 1.03 bits per heavy atom. The second kappa shape index (κ2) is 8.97. The van der Waals surface area contributed by atoms with Gasteiger partial charge in [-0.2, -0.15) is 13.2 Å². The summed E-state index contributed by atoms with van der Waals surface area (Å²) in [7, 11) is 2.54. The number of hydrogen-bond donors (Lipinski definition) is 1. The molecule has 0 fully saturated rings. The van der Waals surface area contributed by atoms with E-state index in [1.165, 1.54) is 36.2 Å². The number of rotatable bonds is 3. The smallest absolute Gasteiger partial charge is 0.416 e. The first-order valence-corrected chi connectivity index (χ1v) is 10.4. The van der Waals surface area contributed by atoms with Crippen molar-refractivity contribution in [2.75, 3.05) is 24.8 Å². The fourth-order valence-electron chi connectivity index (χ4n) is 3.41. The van der Waals surface area contributed by atoms with Crippen molar-refractivity contribution in [1.29, 1.82) is 0 Å². The van der Waals surface area contributed by atoms with Crippen molar-refractivity contribution in [2.45, 2.75) is 32.5 Å². The van der Waals surface area contributed by atoms with Gasteiger partial charge in [0, 0.05) is 23.8 Å². The van der Waals surface area contributed by atoms with Crippen molar-refractivity contribution >= 4 is 34.3 Å². The molecule has 0 aliphatic carbocycles. The van der Waals surface area contributed by atoms with Crippen LogP contribution in [0.2, 0.25) is 0 Å². The highest BCUT2D eigenvalue weighted by molar-refractivity contribution is 6.04. The Balaban J connectivity index is 2.22. The highest BCUT2D eigenvalue weighted by Crippen LogP contribution is 2.34. The summed E-state index contributed by atoms with van der Waals surface area (Å²) in [5.41, 5.74) is 2.93. The van der Waals surface area contributed by atoms with Gasteiger partial charge in [-0.15, -0.1) is 0 Å². The van der Waals surface area contributed by atoms with Gasteiger partial charge in [-0.05, 0) is 57.2 Å². The van der Waals surface area contributed by atoms with Gasteiger partial charge in [0.25, 0.3) is 5.56 Å². The van der Waals surface area contributed by atoms with Gasteiger partial charge >= 0.3 is 18.2 Å². The van der Waals surface area contributed by atoms with E-state index in [0.29, 0.717) is 5.69 Å². The Kier molecular flexibility index (Phi) is 6.56. The third kappa shape index (κ3) is 5.08. The lowest BCUT2D eigenvalue weighted by Gasteiger charge is -2.25. The third-order valence-electron chi connectivity index (χ3n) is 5.09. The SMILES string of the molecule is COC(=O)c1c(N)c2ccc(C(F)(F)F)cc2n(-c2ccc(N(C)C(=O)OC(C)(C)C)cc2)c1=O. The van der Waals surface area contributed by atoms with Crippen molar-refractivity contribution in [3.8, 4) is 5.69 Å². The Labute approximate surface area is 198 Å². The van der Waals surface area contributed by atoms with Gasteiger partial charge in [0.2, 0.25) is 0 Å². The maximum Gasteiger partial charge on any atom is 0.416 e. The molecule has 1 aromatic heterocycles. The van der Waals surface area contributed by atoms with Gasteiger partial charge in [0.05, 0.1) is 23.9 Å². The summed E-state index contributed by atoms with van der Waals surface area (Å²) in [5.74, 6) is -1.02. The van der Waals surface area contributed by atoms with E-state index in [2.05, 4.69) is 4.74 Å². The number of nitrogens with zero attached hydrogens (tertiary/aromatic N) is 2. The molecule has 35 heavy (non-hydrogen) atoms. The monoisotopic (exact) mass is 491 g/mol. The molecular formula is C24H24F3N3O5. The molecule has 2 N–H and O–H groups in total. The Morgan fingerprint density at radius 2 is 1.63 bits per heavy atom. The summed E-state index contributed by atoms with van der Waals surface area (Å²) >= 11 is 0. The second-order valence-electron chi connectivity index (χ2n) is 8.71. The summed E-state index contributed by atoms with van der Waals surface area (Å²) in [6, 6.07) is 8.52. The molecule has 0 radical (unpaired) electrons. The summed E-state index contributed by atoms with van der Waals surface area (Å²) in [6.07, 6.45) is -5.30. The third-order valence-corrected chi connectivity index (χ3v) is 5.09. The molecule has 11 heteroatoms. The number of benzene rings is 2. The van der Waals surface area contributed by atoms with Gasteiger partial charge < -0.3 is 15.2 Å². The van der Waals surface area contributed by atoms with Crippen molar-refractivity contribution in [2.24, 2.45) is 0 Å². The molecule has 0 saturated heterocycles. The molecule has 0 aliphatic rings. The maximum absolute atomic E-state index is 13.4. The maximum atomic E-state index is 13.4. The minimum absolute atomic E-state index is 0.0629. The minimum Gasteiger partial charge on any atom is -0.465 e. The lowest BCUT2D eigenvalue weighted by Crippen LogP contribution is -2.34. The molecule has 0 bridgehead atoms.